The number of nitrogens with one attached hydrogen (secondary N) is 2. The van der Waals surface area contributed by atoms with Crippen molar-refractivity contribution in [3.8, 4) is 0 Å². The second-order valence-electron chi connectivity index (χ2n) is 10.9. The summed E-state index contributed by atoms with van der Waals surface area (Å²) in [4.78, 5) is 27.0. The van der Waals surface area contributed by atoms with Crippen molar-refractivity contribution in [2.75, 3.05) is 39.3 Å². The van der Waals surface area contributed by atoms with Gasteiger partial charge >= 0.3 is 0 Å². The largest absolute Gasteiger partial charge is 0.345 e. The van der Waals surface area contributed by atoms with Crippen LogP contribution in [0.1, 0.15) is 53.0 Å². The minimum Gasteiger partial charge on any atom is -0.345 e. The van der Waals surface area contributed by atoms with Crippen molar-refractivity contribution in [1.29, 1.82) is 0 Å². The first kappa shape index (κ1) is 29.8. The predicted octanol–water partition coefficient (Wildman–Crippen LogP) is 4.13. The molecule has 0 bridgehead atoms. The molecule has 1 amide bonds. The number of nitrogens with zero attached hydrogens (tertiary/aromatic N) is 4. The van der Waals surface area contributed by atoms with Crippen LogP contribution in [-0.2, 0) is 23.0 Å². The van der Waals surface area contributed by atoms with Crippen LogP contribution in [0.15, 0.2) is 29.3 Å². The lowest BCUT2D eigenvalue weighted by Crippen LogP contribution is -2.57. The van der Waals surface area contributed by atoms with Gasteiger partial charge in [0.15, 0.2) is 5.01 Å². The number of carbonyl (C=O) groups is 1. The minimum atomic E-state index is -3.77. The van der Waals surface area contributed by atoms with Gasteiger partial charge in [-0.05, 0) is 63.5 Å². The minimum absolute atomic E-state index is 0. The van der Waals surface area contributed by atoms with Crippen LogP contribution in [0.2, 0.25) is 5.02 Å². The van der Waals surface area contributed by atoms with Gasteiger partial charge in [0.1, 0.15) is 5.03 Å². The highest BCUT2D eigenvalue weighted by molar-refractivity contribution is 7.89. The standard InChI is InChI=1S/C27H35ClN6O3S2.ClH/c1-18-13-23-24(16-29-18)38-26(31-23)27(35)34-12-11-33(17-21(34)7-10-32-8-3-2-4-9-32)39(36,37)25-15-19-14-20(28)5-6-22(19)30-25;/h5-6,14-15,18,21,29-30H,2-4,7-13,16-17H2,1H3;1H. The highest BCUT2D eigenvalue weighted by Gasteiger charge is 2.38. The van der Waals surface area contributed by atoms with Gasteiger partial charge in [-0.25, -0.2) is 13.4 Å². The quantitative estimate of drug-likeness (QED) is 0.427. The first-order valence-electron chi connectivity index (χ1n) is 13.8. The number of fused-ring (bicyclic) bond motifs is 2. The van der Waals surface area contributed by atoms with Gasteiger partial charge in [0.2, 0.25) is 0 Å². The molecule has 0 radical (unpaired) electrons. The van der Waals surface area contributed by atoms with E-state index >= 15 is 0 Å². The van der Waals surface area contributed by atoms with Crippen LogP contribution >= 0.6 is 35.3 Å². The van der Waals surface area contributed by atoms with Crippen molar-refractivity contribution in [1.82, 2.24) is 29.4 Å². The van der Waals surface area contributed by atoms with E-state index < -0.39 is 10.0 Å². The van der Waals surface area contributed by atoms with Crippen LogP contribution in [0.5, 0.6) is 0 Å². The number of benzene rings is 1. The molecule has 2 atom stereocenters. The monoisotopic (exact) mass is 626 g/mol. The number of hydrogen-bond acceptors (Lipinski definition) is 7. The first-order valence-corrected chi connectivity index (χ1v) is 16.4. The van der Waals surface area contributed by atoms with Gasteiger partial charge < -0.3 is 20.1 Å². The number of halogens is 2. The molecule has 0 aliphatic carbocycles. The van der Waals surface area contributed by atoms with E-state index in [1.165, 1.54) is 34.9 Å². The molecule has 2 saturated heterocycles. The Hall–Kier alpha value is -1.73. The van der Waals surface area contributed by atoms with Crippen molar-refractivity contribution in [3.63, 3.8) is 0 Å². The van der Waals surface area contributed by atoms with E-state index in [1.54, 1.807) is 24.3 Å². The number of hydrogen-bond donors (Lipinski definition) is 2. The molecular weight excluding hydrogens is 591 g/mol. The normalized spacial score (nSPS) is 22.7. The van der Waals surface area contributed by atoms with E-state index in [-0.39, 0.29) is 42.5 Å². The van der Waals surface area contributed by atoms with Gasteiger partial charge in [-0.2, -0.15) is 4.31 Å². The smallest absolute Gasteiger partial charge is 0.283 e. The lowest BCUT2D eigenvalue weighted by molar-refractivity contribution is 0.0525. The zero-order valence-corrected chi connectivity index (χ0v) is 25.8. The van der Waals surface area contributed by atoms with E-state index in [0.717, 1.165) is 60.5 Å². The lowest BCUT2D eigenvalue weighted by atomic mass is 10.1. The maximum absolute atomic E-state index is 13.8. The van der Waals surface area contributed by atoms with Gasteiger partial charge in [0, 0.05) is 72.0 Å². The van der Waals surface area contributed by atoms with Gasteiger partial charge in [0.05, 0.1) is 5.69 Å². The van der Waals surface area contributed by atoms with Crippen LogP contribution in [0, 0.1) is 0 Å². The maximum atomic E-state index is 13.8. The predicted molar refractivity (Wildman–Crippen MR) is 161 cm³/mol. The SMILES string of the molecule is CC1Cc2nc(C(=O)N3CCN(S(=O)(=O)c4cc5cc(Cl)ccc5[nH]4)CC3CCN3CCCCC3)sc2CN1.Cl. The molecule has 5 heterocycles. The van der Waals surface area contributed by atoms with E-state index in [2.05, 4.69) is 22.1 Å². The summed E-state index contributed by atoms with van der Waals surface area (Å²) in [5.74, 6) is -0.0806. The fourth-order valence-corrected chi connectivity index (χ4v) is 8.61. The molecule has 3 aromatic rings. The van der Waals surface area contributed by atoms with Crippen molar-refractivity contribution in [2.45, 2.75) is 62.7 Å². The van der Waals surface area contributed by atoms with Crippen molar-refractivity contribution in [3.05, 3.63) is 44.9 Å². The third-order valence-corrected chi connectivity index (χ3v) is 11.3. The molecule has 2 aromatic heterocycles. The number of aromatic nitrogens is 2. The summed E-state index contributed by atoms with van der Waals surface area (Å²) in [5, 5.41) is 5.43. The summed E-state index contributed by atoms with van der Waals surface area (Å²) in [5.41, 5.74) is 1.74. The molecule has 13 heteroatoms. The molecule has 9 nitrogen and oxygen atoms in total. The molecule has 2 fully saturated rings. The second-order valence-corrected chi connectivity index (χ2v) is 14.4. The van der Waals surface area contributed by atoms with Gasteiger partial charge in [-0.1, -0.05) is 18.0 Å². The molecule has 3 aliphatic rings. The van der Waals surface area contributed by atoms with Gasteiger partial charge in [-0.3, -0.25) is 4.79 Å². The average Bonchev–Trinajstić information content (AvgIpc) is 3.56. The summed E-state index contributed by atoms with van der Waals surface area (Å²) in [6.45, 7) is 6.69. The summed E-state index contributed by atoms with van der Waals surface area (Å²) >= 11 is 7.59. The molecule has 218 valence electrons. The molecule has 1 aromatic carbocycles. The van der Waals surface area contributed by atoms with Crippen LogP contribution in [-0.4, -0.2) is 89.8 Å². The molecular formula is C27H36Cl2N6O3S2. The van der Waals surface area contributed by atoms with Crippen molar-refractivity contribution in [2.24, 2.45) is 0 Å². The van der Waals surface area contributed by atoms with E-state index in [1.807, 2.05) is 4.90 Å². The van der Waals surface area contributed by atoms with Crippen molar-refractivity contribution >= 4 is 62.2 Å². The van der Waals surface area contributed by atoms with Crippen molar-refractivity contribution < 1.29 is 13.2 Å². The number of rotatable bonds is 6. The number of likely N-dealkylation sites (tertiary alicyclic amines) is 1. The highest BCUT2D eigenvalue weighted by Crippen LogP contribution is 2.29. The average molecular weight is 628 g/mol. The Morgan fingerprint density at radius 3 is 2.75 bits per heavy atom. The Morgan fingerprint density at radius 1 is 1.15 bits per heavy atom. The Labute approximate surface area is 250 Å². The van der Waals surface area contributed by atoms with Gasteiger partial charge in [-0.15, -0.1) is 23.7 Å². The number of aromatic amines is 1. The number of amides is 1. The summed E-state index contributed by atoms with van der Waals surface area (Å²) < 4.78 is 29.0. The number of thiazole rings is 1. The summed E-state index contributed by atoms with van der Waals surface area (Å²) in [7, 11) is -3.77. The number of piperazine rings is 1. The topological polar surface area (TPSA) is 102 Å². The Balaban J connectivity index is 0.00000323. The fraction of sp³-hybridized carbons (Fsp3) is 0.556. The van der Waals surface area contributed by atoms with E-state index in [4.69, 9.17) is 16.6 Å². The zero-order valence-electron chi connectivity index (χ0n) is 22.6. The van der Waals surface area contributed by atoms with E-state index in [0.29, 0.717) is 22.6 Å². The zero-order chi connectivity index (χ0) is 27.1. The molecule has 2 unspecified atom stereocenters. The third-order valence-electron chi connectivity index (χ3n) is 8.18. The number of sulfonamides is 1. The fourth-order valence-electron chi connectivity index (χ4n) is 5.95. The van der Waals surface area contributed by atoms with Gasteiger partial charge in [0.25, 0.3) is 15.9 Å². The number of carbonyl (C=O) groups excluding carboxylic acids is 1. The number of H-pyrrole nitrogens is 1. The Bertz CT molecular complexity index is 1470. The summed E-state index contributed by atoms with van der Waals surface area (Å²) in [6.07, 6.45) is 5.18. The molecule has 40 heavy (non-hydrogen) atoms. The first-order chi connectivity index (χ1) is 18.8. The van der Waals surface area contributed by atoms with Crippen LogP contribution in [0.4, 0.5) is 0 Å². The molecule has 2 N–H and O–H groups in total. The third kappa shape index (κ3) is 6.06. The Morgan fingerprint density at radius 2 is 1.95 bits per heavy atom. The highest BCUT2D eigenvalue weighted by atomic mass is 35.5. The van der Waals surface area contributed by atoms with Crippen LogP contribution < -0.4 is 5.32 Å². The van der Waals surface area contributed by atoms with E-state index in [9.17, 15) is 13.2 Å². The maximum Gasteiger partial charge on any atom is 0.283 e. The summed E-state index contributed by atoms with van der Waals surface area (Å²) in [6, 6.07) is 7.05. The molecule has 3 aliphatic heterocycles. The van der Waals surface area contributed by atoms with Crippen LogP contribution in [0.25, 0.3) is 10.9 Å². The number of piperidine rings is 1. The lowest BCUT2D eigenvalue weighted by Gasteiger charge is -2.41. The molecule has 6 rings (SSSR count). The Kier molecular flexibility index (Phi) is 9.11. The molecule has 0 saturated carbocycles. The molecule has 0 spiro atoms. The van der Waals surface area contributed by atoms with Crippen LogP contribution in [0.3, 0.4) is 0 Å². The second kappa shape index (κ2) is 12.2.